The molecule has 7 nitrogen and oxygen atoms in total. The van der Waals surface area contributed by atoms with E-state index in [-0.39, 0.29) is 5.91 Å². The summed E-state index contributed by atoms with van der Waals surface area (Å²) in [5.74, 6) is 2.00. The molecule has 1 aromatic carbocycles. The fourth-order valence-electron chi connectivity index (χ4n) is 3.23. The van der Waals surface area contributed by atoms with Gasteiger partial charge in [0.15, 0.2) is 10.8 Å². The lowest BCUT2D eigenvalue weighted by atomic mass is 10.2. The van der Waals surface area contributed by atoms with Gasteiger partial charge in [0.05, 0.1) is 10.4 Å². The third-order valence-electron chi connectivity index (χ3n) is 4.81. The smallest absolute Gasteiger partial charge is 0.265 e. The first-order chi connectivity index (χ1) is 13.7. The average molecular weight is 406 g/mol. The number of carbonyl (C=O) groups excluding carboxylic acids is 1. The Kier molecular flexibility index (Phi) is 3.41. The minimum atomic E-state index is -0.141. The average Bonchev–Trinajstić information content (AvgIpc) is 3.05. The van der Waals surface area contributed by atoms with Crippen LogP contribution in [0.2, 0.25) is 0 Å². The molecule has 4 aromatic heterocycles. The minimum Gasteiger partial charge on any atom is -0.321 e. The Morgan fingerprint density at radius 1 is 1.25 bits per heavy atom. The molecular weight excluding hydrogens is 392 g/mol. The van der Waals surface area contributed by atoms with Gasteiger partial charge >= 0.3 is 0 Å². The molecule has 0 atom stereocenters. The number of amides is 1. The van der Waals surface area contributed by atoms with Gasteiger partial charge in [0.25, 0.3) is 5.91 Å². The number of nitrogens with zero attached hydrogens (tertiary/aromatic N) is 4. The van der Waals surface area contributed by atoms with Gasteiger partial charge in [0.2, 0.25) is 0 Å². The lowest BCUT2D eigenvalue weighted by Crippen LogP contribution is -2.10. The van der Waals surface area contributed by atoms with Crippen LogP contribution in [0.5, 0.6) is 0 Å². The number of hydrogen-bond donors (Lipinski definition) is 2. The molecule has 6 rings (SSSR count). The molecule has 0 aliphatic heterocycles. The molecule has 1 aliphatic rings. The molecule has 0 unspecified atom stereocenters. The monoisotopic (exact) mass is 406 g/mol. The fraction of sp³-hybridized carbons (Fsp3) is 0.158. The highest BCUT2D eigenvalue weighted by atomic mass is 32.1. The zero-order valence-corrected chi connectivity index (χ0v) is 16.2. The number of fused-ring (bicyclic) bond motifs is 3. The van der Waals surface area contributed by atoms with E-state index in [0.29, 0.717) is 16.6 Å². The fourth-order valence-corrected chi connectivity index (χ4v) is 4.93. The van der Waals surface area contributed by atoms with E-state index < -0.39 is 0 Å². The number of aromatic amines is 1. The van der Waals surface area contributed by atoms with Crippen LogP contribution in [-0.2, 0) is 0 Å². The summed E-state index contributed by atoms with van der Waals surface area (Å²) in [6.45, 7) is 0. The van der Waals surface area contributed by atoms with Gasteiger partial charge in [-0.1, -0.05) is 12.1 Å². The van der Waals surface area contributed by atoms with Gasteiger partial charge in [-0.3, -0.25) is 14.3 Å². The predicted molar refractivity (Wildman–Crippen MR) is 110 cm³/mol. The maximum atomic E-state index is 12.7. The van der Waals surface area contributed by atoms with Crippen LogP contribution in [0.25, 0.3) is 26.7 Å². The maximum Gasteiger partial charge on any atom is 0.265 e. The van der Waals surface area contributed by atoms with Gasteiger partial charge < -0.3 is 5.32 Å². The molecule has 0 saturated heterocycles. The molecule has 1 saturated carbocycles. The predicted octanol–water partition coefficient (Wildman–Crippen LogP) is 4.53. The van der Waals surface area contributed by atoms with Crippen molar-refractivity contribution in [1.29, 1.82) is 0 Å². The summed E-state index contributed by atoms with van der Waals surface area (Å²) in [6, 6.07) is 9.50. The number of anilines is 1. The second-order valence-electron chi connectivity index (χ2n) is 6.82. The summed E-state index contributed by atoms with van der Waals surface area (Å²) in [7, 11) is 0. The van der Waals surface area contributed by atoms with Crippen molar-refractivity contribution in [3.63, 3.8) is 0 Å². The highest BCUT2D eigenvalue weighted by Gasteiger charge is 2.27. The number of thiophene rings is 1. The molecule has 5 aromatic rings. The Labute approximate surface area is 167 Å². The second-order valence-corrected chi connectivity index (χ2v) is 8.73. The van der Waals surface area contributed by atoms with Crippen molar-refractivity contribution in [2.75, 3.05) is 5.32 Å². The van der Waals surface area contributed by atoms with E-state index in [4.69, 9.17) is 0 Å². The Morgan fingerprint density at radius 2 is 2.18 bits per heavy atom. The number of rotatable bonds is 4. The largest absolute Gasteiger partial charge is 0.321 e. The summed E-state index contributed by atoms with van der Waals surface area (Å²) >= 11 is 2.99. The lowest BCUT2D eigenvalue weighted by molar-refractivity contribution is 0.103. The van der Waals surface area contributed by atoms with Crippen LogP contribution in [0.15, 0.2) is 41.9 Å². The first-order valence-corrected chi connectivity index (χ1v) is 10.6. The van der Waals surface area contributed by atoms with Crippen molar-refractivity contribution < 1.29 is 4.79 Å². The van der Waals surface area contributed by atoms with E-state index in [9.17, 15) is 4.79 Å². The lowest BCUT2D eigenvalue weighted by Gasteiger charge is -2.04. The molecule has 0 spiro atoms. The first-order valence-electron chi connectivity index (χ1n) is 8.94. The Morgan fingerprint density at radius 3 is 3.07 bits per heavy atom. The van der Waals surface area contributed by atoms with Crippen molar-refractivity contribution in [2.24, 2.45) is 0 Å². The molecule has 4 heterocycles. The minimum absolute atomic E-state index is 0.141. The molecule has 1 fully saturated rings. The number of thiazole rings is 1. The topological polar surface area (TPSA) is 88.0 Å². The summed E-state index contributed by atoms with van der Waals surface area (Å²) in [5.41, 5.74) is 2.56. The molecule has 9 heteroatoms. The number of nitrogens with one attached hydrogen (secondary N) is 2. The van der Waals surface area contributed by atoms with Crippen LogP contribution in [-0.4, -0.2) is 30.5 Å². The standard InChI is InChI=1S/C19H14N6OS2/c26-17(14-9-13-18(28-14)22-19-25(13)6-7-27-19)20-12-3-1-2-11(8-12)16-21-15(23-24-16)10-4-5-10/h1-3,6-10H,4-5H2,(H,20,26)(H,21,23,24). The molecule has 1 amide bonds. The van der Waals surface area contributed by atoms with Gasteiger partial charge in [0, 0.05) is 28.7 Å². The highest BCUT2D eigenvalue weighted by molar-refractivity contribution is 7.21. The number of hydrogen-bond acceptors (Lipinski definition) is 6. The summed E-state index contributed by atoms with van der Waals surface area (Å²) in [4.78, 5) is 24.3. The molecule has 138 valence electrons. The van der Waals surface area contributed by atoms with Crippen LogP contribution < -0.4 is 5.32 Å². The van der Waals surface area contributed by atoms with Gasteiger partial charge in [-0.2, -0.15) is 5.10 Å². The number of carbonyl (C=O) groups is 1. The van der Waals surface area contributed by atoms with Gasteiger partial charge in [-0.25, -0.2) is 9.97 Å². The van der Waals surface area contributed by atoms with E-state index in [1.807, 2.05) is 46.3 Å². The summed E-state index contributed by atoms with van der Waals surface area (Å²) < 4.78 is 2.01. The van der Waals surface area contributed by atoms with E-state index in [0.717, 1.165) is 32.4 Å². The van der Waals surface area contributed by atoms with Crippen LogP contribution in [0.1, 0.15) is 34.3 Å². The second kappa shape index (κ2) is 5.98. The number of imidazole rings is 1. The van der Waals surface area contributed by atoms with Crippen LogP contribution in [0.4, 0.5) is 5.69 Å². The van der Waals surface area contributed by atoms with Gasteiger partial charge in [-0.05, 0) is 31.0 Å². The number of H-pyrrole nitrogens is 1. The van der Waals surface area contributed by atoms with E-state index in [2.05, 4.69) is 25.5 Å². The SMILES string of the molecule is O=C(Nc1cccc(-c2n[nH]c(C3CC3)n2)c1)c1cc2c(nc3sccn32)s1. The van der Waals surface area contributed by atoms with Crippen LogP contribution in [0.3, 0.4) is 0 Å². The van der Waals surface area contributed by atoms with Crippen LogP contribution >= 0.6 is 22.7 Å². The van der Waals surface area contributed by atoms with E-state index >= 15 is 0 Å². The van der Waals surface area contributed by atoms with E-state index in [1.165, 1.54) is 24.2 Å². The van der Waals surface area contributed by atoms with Crippen molar-refractivity contribution in [3.8, 4) is 11.4 Å². The normalized spacial score (nSPS) is 14.1. The zero-order chi connectivity index (χ0) is 18.7. The van der Waals surface area contributed by atoms with E-state index in [1.54, 1.807) is 11.3 Å². The third-order valence-corrected chi connectivity index (χ3v) is 6.58. The quantitative estimate of drug-likeness (QED) is 0.459. The van der Waals surface area contributed by atoms with Crippen LogP contribution in [0, 0.1) is 0 Å². The Bertz CT molecular complexity index is 1340. The summed E-state index contributed by atoms with van der Waals surface area (Å²) in [6.07, 6.45) is 4.32. The maximum absolute atomic E-state index is 12.7. The molecular formula is C19H14N6OS2. The zero-order valence-electron chi connectivity index (χ0n) is 14.5. The first kappa shape index (κ1) is 16.0. The highest BCUT2D eigenvalue weighted by Crippen LogP contribution is 2.38. The molecule has 0 bridgehead atoms. The van der Waals surface area contributed by atoms with Crippen molar-refractivity contribution in [1.82, 2.24) is 24.6 Å². The molecule has 0 radical (unpaired) electrons. The molecule has 2 N–H and O–H groups in total. The Balaban J connectivity index is 1.27. The summed E-state index contributed by atoms with van der Waals surface area (Å²) in [5, 5.41) is 12.3. The Hall–Kier alpha value is -3.04. The van der Waals surface area contributed by atoms with Gasteiger partial charge in [0.1, 0.15) is 10.7 Å². The molecule has 1 aliphatic carbocycles. The number of benzene rings is 1. The van der Waals surface area contributed by atoms with Gasteiger partial charge in [-0.15, -0.1) is 22.7 Å². The van der Waals surface area contributed by atoms with Crippen molar-refractivity contribution in [3.05, 3.63) is 52.6 Å². The van der Waals surface area contributed by atoms with Crippen molar-refractivity contribution >= 4 is 49.6 Å². The number of aromatic nitrogens is 5. The molecule has 28 heavy (non-hydrogen) atoms. The van der Waals surface area contributed by atoms with Crippen molar-refractivity contribution in [2.45, 2.75) is 18.8 Å². The third kappa shape index (κ3) is 2.62.